The molecule has 11 heavy (non-hydrogen) atoms. The first-order chi connectivity index (χ1) is 5.74. The first-order valence-electron chi connectivity index (χ1n) is 3.26. The van der Waals surface area contributed by atoms with Crippen molar-refractivity contribution in [2.45, 2.75) is 0 Å². The molecule has 5 nitrogen and oxygen atoms in total. The molecule has 0 fully saturated rings. The van der Waals surface area contributed by atoms with Gasteiger partial charge in [0.15, 0.2) is 12.8 Å². The fourth-order valence-corrected chi connectivity index (χ4v) is 0.628. The van der Waals surface area contributed by atoms with Crippen LogP contribution in [0.2, 0.25) is 1.41 Å². The summed E-state index contributed by atoms with van der Waals surface area (Å²) in [5, 5.41) is 17.0. The number of aromatic amines is 2. The van der Waals surface area contributed by atoms with Gasteiger partial charge in [-0.3, -0.25) is 4.99 Å². The molecule has 1 heterocycles. The van der Waals surface area contributed by atoms with Gasteiger partial charge < -0.3 is 9.96 Å². The Morgan fingerprint density at radius 2 is 2.09 bits per heavy atom. The SMILES string of the molecule is [2H]n1c(C#N)c(C#N)[nH]c1=NC. The predicted octanol–water partition coefficient (Wildman–Crippen LogP) is -0.383. The first kappa shape index (κ1) is 5.75. The summed E-state index contributed by atoms with van der Waals surface area (Å²) >= 11 is 0. The molecular formula is C6H5N5. The van der Waals surface area contributed by atoms with Crippen molar-refractivity contribution in [3.8, 4) is 12.1 Å². The molecule has 0 aliphatic rings. The van der Waals surface area contributed by atoms with Gasteiger partial charge >= 0.3 is 0 Å². The Hall–Kier alpha value is -2.01. The van der Waals surface area contributed by atoms with E-state index < -0.39 is 0 Å². The summed E-state index contributed by atoms with van der Waals surface area (Å²) in [7, 11) is 1.47. The third-order valence-corrected chi connectivity index (χ3v) is 1.12. The van der Waals surface area contributed by atoms with Gasteiger partial charge in [-0.05, 0) is 0 Å². The quantitative estimate of drug-likeness (QED) is 0.524. The number of hydrogen-bond donors (Lipinski definition) is 2. The van der Waals surface area contributed by atoms with E-state index in [1.807, 2.05) is 0 Å². The molecule has 5 heteroatoms. The number of H-pyrrole nitrogens is 2. The Morgan fingerprint density at radius 3 is 2.45 bits per heavy atom. The van der Waals surface area contributed by atoms with E-state index in [0.29, 0.717) is 0 Å². The molecule has 0 aliphatic heterocycles. The fraction of sp³-hybridized carbons (Fsp3) is 0.167. The van der Waals surface area contributed by atoms with Gasteiger partial charge in [-0.2, -0.15) is 10.5 Å². The van der Waals surface area contributed by atoms with Gasteiger partial charge in [0, 0.05) is 7.05 Å². The molecule has 0 aliphatic carbocycles. The zero-order chi connectivity index (χ0) is 9.14. The second-order valence-electron chi connectivity index (χ2n) is 1.73. The lowest BCUT2D eigenvalue weighted by atomic mass is 10.4. The van der Waals surface area contributed by atoms with Gasteiger partial charge in [-0.1, -0.05) is 0 Å². The number of imidazole rings is 1. The lowest BCUT2D eigenvalue weighted by Gasteiger charge is -1.74. The summed E-state index contributed by atoms with van der Waals surface area (Å²) in [6.07, 6.45) is 0. The normalized spacial score (nSPS) is 11.9. The highest BCUT2D eigenvalue weighted by atomic mass is 15.0. The summed E-state index contributed by atoms with van der Waals surface area (Å²) in [5.74, 6) is 0. The van der Waals surface area contributed by atoms with E-state index in [1.165, 1.54) is 7.05 Å². The topological polar surface area (TPSA) is 91.5 Å². The van der Waals surface area contributed by atoms with Crippen molar-refractivity contribution in [1.82, 2.24) is 9.96 Å². The Labute approximate surface area is 64.1 Å². The van der Waals surface area contributed by atoms with Crippen LogP contribution in [0.25, 0.3) is 0 Å². The third-order valence-electron chi connectivity index (χ3n) is 1.12. The smallest absolute Gasteiger partial charge is 0.201 e. The second kappa shape index (κ2) is 2.72. The molecule has 54 valence electrons. The number of nitrogens with one attached hydrogen (secondary N) is 2. The second-order valence-corrected chi connectivity index (χ2v) is 1.73. The van der Waals surface area contributed by atoms with E-state index in [2.05, 4.69) is 9.98 Å². The average Bonchev–Trinajstić information content (AvgIpc) is 2.41. The highest BCUT2D eigenvalue weighted by Gasteiger charge is 2.01. The molecule has 2 N–H and O–H groups in total. The molecule has 0 unspecified atom stereocenters. The van der Waals surface area contributed by atoms with Crippen molar-refractivity contribution in [3.05, 3.63) is 17.0 Å². The zero-order valence-electron chi connectivity index (χ0n) is 6.79. The van der Waals surface area contributed by atoms with Crippen molar-refractivity contribution in [1.29, 1.82) is 10.5 Å². The van der Waals surface area contributed by atoms with Crippen LogP contribution in [0.1, 0.15) is 11.4 Å². The van der Waals surface area contributed by atoms with Crippen LogP contribution in [0.4, 0.5) is 0 Å². The number of nitrogens with zero attached hydrogens (tertiary/aromatic N) is 3. The van der Waals surface area contributed by atoms with Crippen LogP contribution in [0.15, 0.2) is 4.99 Å². The Morgan fingerprint density at radius 1 is 1.45 bits per heavy atom. The summed E-state index contributed by atoms with van der Waals surface area (Å²) in [5.41, 5.74) is 0.217. The molecule has 0 atom stereocenters. The van der Waals surface area contributed by atoms with E-state index in [9.17, 15) is 0 Å². The van der Waals surface area contributed by atoms with Gasteiger partial charge in [0.1, 0.15) is 12.1 Å². The minimum atomic E-state index is -0.0295. The largest absolute Gasteiger partial charge is 0.315 e. The molecule has 1 aromatic rings. The highest BCUT2D eigenvalue weighted by molar-refractivity contribution is 5.34. The number of aromatic nitrogens is 2. The van der Waals surface area contributed by atoms with Crippen LogP contribution in [-0.4, -0.2) is 17.0 Å². The first-order valence-corrected chi connectivity index (χ1v) is 2.82. The van der Waals surface area contributed by atoms with E-state index in [1.54, 1.807) is 12.1 Å². The van der Waals surface area contributed by atoms with Crippen molar-refractivity contribution in [2.75, 3.05) is 7.05 Å². The summed E-state index contributed by atoms with van der Waals surface area (Å²) in [6, 6.07) is 3.49. The molecule has 0 radical (unpaired) electrons. The van der Waals surface area contributed by atoms with E-state index in [0.717, 1.165) is 4.98 Å². The Bertz CT molecular complexity index is 438. The van der Waals surface area contributed by atoms with Crippen molar-refractivity contribution < 1.29 is 1.41 Å². The molecule has 0 bridgehead atoms. The van der Waals surface area contributed by atoms with Crippen LogP contribution < -0.4 is 5.62 Å². The maximum absolute atomic E-state index is 8.54. The van der Waals surface area contributed by atoms with Gasteiger partial charge in [0.25, 0.3) is 0 Å². The minimum Gasteiger partial charge on any atom is -0.315 e. The lowest BCUT2D eigenvalue weighted by Crippen LogP contribution is -2.04. The summed E-state index contributed by atoms with van der Waals surface area (Å²) < 4.78 is 7.29. The molecule has 0 saturated heterocycles. The fourth-order valence-electron chi connectivity index (χ4n) is 0.628. The summed E-state index contributed by atoms with van der Waals surface area (Å²) in [4.78, 5) is 6.98. The monoisotopic (exact) mass is 148 g/mol. The maximum atomic E-state index is 8.54. The summed E-state index contributed by atoms with van der Waals surface area (Å²) in [6.45, 7) is 0. The molecule has 1 rings (SSSR count). The third kappa shape index (κ3) is 1.12. The van der Waals surface area contributed by atoms with E-state index in [4.69, 9.17) is 11.9 Å². The van der Waals surface area contributed by atoms with Gasteiger partial charge in [0.2, 0.25) is 5.62 Å². The van der Waals surface area contributed by atoms with Gasteiger partial charge in [0.05, 0.1) is 0 Å². The van der Waals surface area contributed by atoms with E-state index >= 15 is 0 Å². The maximum Gasteiger partial charge on any atom is 0.201 e. The van der Waals surface area contributed by atoms with Crippen LogP contribution in [0.3, 0.4) is 0 Å². The Balaban J connectivity index is 3.60. The number of nitriles is 2. The predicted molar refractivity (Wildman–Crippen MR) is 36.1 cm³/mol. The average molecular weight is 148 g/mol. The molecule has 1 aromatic heterocycles. The van der Waals surface area contributed by atoms with Crippen LogP contribution >= 0.6 is 0 Å². The molecule has 0 amide bonds. The molecule has 0 spiro atoms. The van der Waals surface area contributed by atoms with Crippen molar-refractivity contribution >= 4 is 0 Å². The standard InChI is InChI=1S/C6H5N5/c1-9-6-10-4(2-7)5(3-8)11-6/h1H3,(H2,9,10,11)/i/hD. The van der Waals surface area contributed by atoms with Crippen LogP contribution in [-0.2, 0) is 0 Å². The molecule has 0 aromatic carbocycles. The molecule has 0 saturated carbocycles. The van der Waals surface area contributed by atoms with Crippen LogP contribution in [0.5, 0.6) is 0 Å². The zero-order valence-corrected chi connectivity index (χ0v) is 5.79. The lowest BCUT2D eigenvalue weighted by molar-refractivity contribution is 1.05. The molecular weight excluding hydrogens is 142 g/mol. The highest BCUT2D eigenvalue weighted by Crippen LogP contribution is 1.93. The van der Waals surface area contributed by atoms with Gasteiger partial charge in [-0.15, -0.1) is 0 Å². The van der Waals surface area contributed by atoms with Gasteiger partial charge in [-0.25, -0.2) is 0 Å². The van der Waals surface area contributed by atoms with Crippen molar-refractivity contribution in [3.63, 3.8) is 0 Å². The van der Waals surface area contributed by atoms with E-state index in [-0.39, 0.29) is 17.0 Å². The van der Waals surface area contributed by atoms with Crippen molar-refractivity contribution in [2.24, 2.45) is 4.99 Å². The number of rotatable bonds is 0. The Kier molecular flexibility index (Phi) is 1.42. The number of hydrogen-bond acceptors (Lipinski definition) is 3. The van der Waals surface area contributed by atoms with Crippen LogP contribution in [0, 0.1) is 22.7 Å². The minimum absolute atomic E-state index is 0.0295.